The summed E-state index contributed by atoms with van der Waals surface area (Å²) in [5, 5.41) is 0.255. The van der Waals surface area contributed by atoms with E-state index >= 15 is 0 Å². The van der Waals surface area contributed by atoms with Gasteiger partial charge in [-0.3, -0.25) is 0 Å². The van der Waals surface area contributed by atoms with Crippen LogP contribution in [0.15, 0.2) is 18.2 Å². The van der Waals surface area contributed by atoms with Crippen LogP contribution in [0.5, 0.6) is 0 Å². The highest BCUT2D eigenvalue weighted by molar-refractivity contribution is 7.88. The Bertz CT molecular complexity index is 687. The molecule has 1 atom stereocenters. The van der Waals surface area contributed by atoms with Crippen molar-refractivity contribution < 1.29 is 17.5 Å². The van der Waals surface area contributed by atoms with Gasteiger partial charge < -0.3 is 9.64 Å². The first-order valence-corrected chi connectivity index (χ1v) is 10.7. The summed E-state index contributed by atoms with van der Waals surface area (Å²) in [6, 6.07) is 3.96. The molecule has 1 aromatic rings. The van der Waals surface area contributed by atoms with Crippen LogP contribution in [0, 0.1) is 5.82 Å². The normalized spacial score (nSPS) is 23.2. The monoisotopic (exact) mass is 390 g/mol. The summed E-state index contributed by atoms with van der Waals surface area (Å²) in [5.74, 6) is -0.962. The van der Waals surface area contributed by atoms with Gasteiger partial charge in [0.2, 0.25) is 10.0 Å². The summed E-state index contributed by atoms with van der Waals surface area (Å²) in [6.45, 7) is 3.47. The van der Waals surface area contributed by atoms with Crippen molar-refractivity contribution in [2.75, 3.05) is 26.2 Å². The van der Waals surface area contributed by atoms with Gasteiger partial charge >= 0.3 is 0 Å². The molecule has 0 spiro atoms. The third-order valence-corrected chi connectivity index (χ3v) is 6.40. The number of rotatable bonds is 6. The van der Waals surface area contributed by atoms with E-state index in [4.69, 9.17) is 16.3 Å². The summed E-state index contributed by atoms with van der Waals surface area (Å²) < 4.78 is 46.8. The Morgan fingerprint density at radius 3 is 2.68 bits per heavy atom. The zero-order chi connectivity index (χ0) is 17.9. The van der Waals surface area contributed by atoms with Crippen molar-refractivity contribution in [2.45, 2.75) is 43.6 Å². The fraction of sp³-hybridized carbons (Fsp3) is 0.647. The molecule has 1 aromatic carbocycles. The molecule has 1 N–H and O–H groups in total. The molecule has 2 aliphatic heterocycles. The van der Waals surface area contributed by atoms with Gasteiger partial charge in [0.05, 0.1) is 11.9 Å². The fourth-order valence-corrected chi connectivity index (χ4v) is 5.08. The molecule has 0 saturated carbocycles. The van der Waals surface area contributed by atoms with Crippen LogP contribution in [-0.2, 0) is 20.5 Å². The highest BCUT2D eigenvalue weighted by Crippen LogP contribution is 2.19. The first kappa shape index (κ1) is 19.0. The number of benzene rings is 1. The van der Waals surface area contributed by atoms with Crippen LogP contribution in [0.1, 0.15) is 31.2 Å². The summed E-state index contributed by atoms with van der Waals surface area (Å²) in [6.07, 6.45) is 4.08. The molecule has 140 valence electrons. The lowest BCUT2D eigenvalue weighted by atomic mass is 10.1. The minimum atomic E-state index is -3.59. The molecule has 2 heterocycles. The number of halogens is 2. The van der Waals surface area contributed by atoms with E-state index in [9.17, 15) is 12.8 Å². The summed E-state index contributed by atoms with van der Waals surface area (Å²) in [7, 11) is -3.59. The van der Waals surface area contributed by atoms with E-state index in [2.05, 4.69) is 9.62 Å². The molecule has 5 nitrogen and oxygen atoms in total. The Hall–Kier alpha value is -0.730. The number of ether oxygens (including phenoxy) is 1. The molecular formula is C17H24ClFN2O3S. The molecule has 2 aliphatic rings. The molecule has 2 fully saturated rings. The van der Waals surface area contributed by atoms with Crippen LogP contribution in [0.25, 0.3) is 0 Å². The second kappa shape index (κ2) is 8.31. The molecule has 0 amide bonds. The van der Waals surface area contributed by atoms with E-state index in [1.165, 1.54) is 12.1 Å². The number of sulfonamides is 1. The highest BCUT2D eigenvalue weighted by atomic mass is 35.5. The van der Waals surface area contributed by atoms with Gasteiger partial charge in [-0.25, -0.2) is 17.5 Å². The first-order chi connectivity index (χ1) is 11.9. The molecule has 3 rings (SSSR count). The van der Waals surface area contributed by atoms with Crippen molar-refractivity contribution in [3.63, 3.8) is 0 Å². The predicted octanol–water partition coefficient (Wildman–Crippen LogP) is 2.54. The first-order valence-electron chi connectivity index (χ1n) is 8.69. The largest absolute Gasteiger partial charge is 0.377 e. The second-order valence-corrected chi connectivity index (χ2v) is 9.01. The minimum Gasteiger partial charge on any atom is -0.377 e. The number of piperidine rings is 1. The van der Waals surface area contributed by atoms with E-state index in [-0.39, 0.29) is 22.4 Å². The number of hydrogen-bond donors (Lipinski definition) is 1. The third-order valence-electron chi connectivity index (χ3n) is 4.78. The van der Waals surface area contributed by atoms with Crippen LogP contribution in [0.4, 0.5) is 4.39 Å². The van der Waals surface area contributed by atoms with Crippen molar-refractivity contribution in [3.8, 4) is 0 Å². The number of hydrogen-bond acceptors (Lipinski definition) is 4. The van der Waals surface area contributed by atoms with E-state index in [0.29, 0.717) is 6.10 Å². The Morgan fingerprint density at radius 2 is 2.04 bits per heavy atom. The Morgan fingerprint density at radius 1 is 1.28 bits per heavy atom. The van der Waals surface area contributed by atoms with Gasteiger partial charge in [0, 0.05) is 29.8 Å². The zero-order valence-electron chi connectivity index (χ0n) is 14.1. The van der Waals surface area contributed by atoms with Crippen molar-refractivity contribution >= 4 is 21.6 Å². The maximum atomic E-state index is 13.8. The van der Waals surface area contributed by atoms with Crippen LogP contribution >= 0.6 is 11.6 Å². The van der Waals surface area contributed by atoms with Gasteiger partial charge in [-0.05, 0) is 50.9 Å². The lowest BCUT2D eigenvalue weighted by Gasteiger charge is -2.33. The van der Waals surface area contributed by atoms with E-state index in [0.717, 1.165) is 58.0 Å². The SMILES string of the molecule is O=S(=O)(Cc1ccc(Cl)cc1F)NC1CCN(CC2CCCO2)CC1. The van der Waals surface area contributed by atoms with Gasteiger partial charge in [-0.2, -0.15) is 0 Å². The summed E-state index contributed by atoms with van der Waals surface area (Å²) in [5.41, 5.74) is 0.132. The van der Waals surface area contributed by atoms with Crippen molar-refractivity contribution in [1.82, 2.24) is 9.62 Å². The van der Waals surface area contributed by atoms with Gasteiger partial charge in [-0.1, -0.05) is 17.7 Å². The smallest absolute Gasteiger partial charge is 0.216 e. The molecule has 0 aromatic heterocycles. The van der Waals surface area contributed by atoms with E-state index in [1.807, 2.05) is 0 Å². The highest BCUT2D eigenvalue weighted by Gasteiger charge is 2.26. The summed E-state index contributed by atoms with van der Waals surface area (Å²) >= 11 is 5.70. The van der Waals surface area contributed by atoms with Crippen LogP contribution < -0.4 is 4.72 Å². The van der Waals surface area contributed by atoms with Crippen LogP contribution in [-0.4, -0.2) is 51.7 Å². The average Bonchev–Trinajstić information content (AvgIpc) is 3.05. The predicted molar refractivity (Wildman–Crippen MR) is 95.6 cm³/mol. The zero-order valence-corrected chi connectivity index (χ0v) is 15.7. The molecule has 0 aliphatic carbocycles. The number of nitrogens with one attached hydrogen (secondary N) is 1. The van der Waals surface area contributed by atoms with Crippen molar-refractivity contribution in [3.05, 3.63) is 34.6 Å². The topological polar surface area (TPSA) is 58.6 Å². The Kier molecular flexibility index (Phi) is 6.33. The second-order valence-electron chi connectivity index (χ2n) is 6.82. The third kappa shape index (κ3) is 5.62. The minimum absolute atomic E-state index is 0.0962. The molecule has 8 heteroatoms. The van der Waals surface area contributed by atoms with Crippen LogP contribution in [0.2, 0.25) is 5.02 Å². The Balaban J connectivity index is 1.48. The van der Waals surface area contributed by atoms with Gasteiger partial charge in [0.25, 0.3) is 0 Å². The lowest BCUT2D eigenvalue weighted by molar-refractivity contribution is 0.0639. The molecule has 0 bridgehead atoms. The molecule has 1 unspecified atom stereocenters. The van der Waals surface area contributed by atoms with Gasteiger partial charge in [0.15, 0.2) is 0 Å². The van der Waals surface area contributed by atoms with E-state index < -0.39 is 15.8 Å². The molecular weight excluding hydrogens is 367 g/mol. The quantitative estimate of drug-likeness (QED) is 0.811. The number of likely N-dealkylation sites (tertiary alicyclic amines) is 1. The fourth-order valence-electron chi connectivity index (χ4n) is 3.45. The van der Waals surface area contributed by atoms with Gasteiger partial charge in [0.1, 0.15) is 5.82 Å². The maximum absolute atomic E-state index is 13.8. The van der Waals surface area contributed by atoms with Crippen molar-refractivity contribution in [2.24, 2.45) is 0 Å². The maximum Gasteiger partial charge on any atom is 0.216 e. The molecule has 2 saturated heterocycles. The molecule has 0 radical (unpaired) electrons. The van der Waals surface area contributed by atoms with Crippen LogP contribution in [0.3, 0.4) is 0 Å². The average molecular weight is 391 g/mol. The summed E-state index contributed by atoms with van der Waals surface area (Å²) in [4.78, 5) is 2.33. The molecule has 25 heavy (non-hydrogen) atoms. The lowest BCUT2D eigenvalue weighted by Crippen LogP contribution is -2.46. The van der Waals surface area contributed by atoms with E-state index in [1.54, 1.807) is 0 Å². The van der Waals surface area contributed by atoms with Gasteiger partial charge in [-0.15, -0.1) is 0 Å². The Labute approximate surface area is 153 Å². The van der Waals surface area contributed by atoms with Crippen molar-refractivity contribution in [1.29, 1.82) is 0 Å². The standard InChI is InChI=1S/C17H24ClFN2O3S/c18-14-4-3-13(17(19)10-14)12-25(22,23)20-15-5-7-21(8-6-15)11-16-2-1-9-24-16/h3-4,10,15-16,20H,1-2,5-9,11-12H2. The number of nitrogens with zero attached hydrogens (tertiary/aromatic N) is 1.